The van der Waals surface area contributed by atoms with Gasteiger partial charge in [-0.2, -0.15) is 0 Å². The SMILES string of the molecule is O=C1c2cc(=O)ccn2N(C(c2ccccc2)c2ccc(F)c(F)c2)[C@@H]2COCCN12. The highest BCUT2D eigenvalue weighted by molar-refractivity contribution is 5.94. The van der Waals surface area contributed by atoms with Gasteiger partial charge < -0.3 is 9.64 Å². The zero-order valence-corrected chi connectivity index (χ0v) is 16.4. The lowest BCUT2D eigenvalue weighted by molar-refractivity contribution is -0.0193. The number of hydrogen-bond acceptors (Lipinski definition) is 4. The molecule has 0 N–H and O–H groups in total. The maximum atomic E-state index is 14.2. The van der Waals surface area contributed by atoms with Gasteiger partial charge in [-0.3, -0.25) is 19.3 Å². The minimum atomic E-state index is -0.955. The quantitative estimate of drug-likeness (QED) is 0.650. The number of carbonyl (C=O) groups is 1. The molecule has 0 saturated carbocycles. The average Bonchev–Trinajstić information content (AvgIpc) is 2.79. The van der Waals surface area contributed by atoms with Crippen molar-refractivity contribution in [2.24, 2.45) is 0 Å². The standard InChI is InChI=1S/C23H19F2N3O3/c24-18-7-6-16(12-19(18)25)22(15-4-2-1-3-5-15)28-21-14-31-11-10-26(21)23(30)20-13-17(29)8-9-27(20)28/h1-9,12-13,21-22H,10-11,14H2/t21-,22?/m1/s1. The van der Waals surface area contributed by atoms with Crippen molar-refractivity contribution in [2.45, 2.75) is 12.2 Å². The van der Waals surface area contributed by atoms with Gasteiger partial charge in [0.05, 0.1) is 19.3 Å². The highest BCUT2D eigenvalue weighted by Gasteiger charge is 2.43. The highest BCUT2D eigenvalue weighted by atomic mass is 19.2. The van der Waals surface area contributed by atoms with Crippen LogP contribution in [0, 0.1) is 11.6 Å². The van der Waals surface area contributed by atoms with Gasteiger partial charge in [0.15, 0.2) is 17.1 Å². The Morgan fingerprint density at radius 2 is 1.74 bits per heavy atom. The van der Waals surface area contributed by atoms with Crippen molar-refractivity contribution < 1.29 is 18.3 Å². The zero-order valence-electron chi connectivity index (χ0n) is 16.4. The summed E-state index contributed by atoms with van der Waals surface area (Å²) < 4.78 is 35.2. The van der Waals surface area contributed by atoms with Gasteiger partial charge in [-0.15, -0.1) is 0 Å². The Morgan fingerprint density at radius 3 is 2.52 bits per heavy atom. The van der Waals surface area contributed by atoms with Gasteiger partial charge in [0.25, 0.3) is 5.91 Å². The van der Waals surface area contributed by atoms with Gasteiger partial charge in [0.2, 0.25) is 0 Å². The molecule has 2 aromatic carbocycles. The number of ether oxygens (including phenoxy) is 1. The van der Waals surface area contributed by atoms with Crippen LogP contribution >= 0.6 is 0 Å². The maximum Gasteiger partial charge on any atom is 0.274 e. The second-order valence-corrected chi connectivity index (χ2v) is 7.51. The third-order valence-electron chi connectivity index (χ3n) is 5.68. The van der Waals surface area contributed by atoms with Crippen LogP contribution in [0.5, 0.6) is 0 Å². The lowest BCUT2D eigenvalue weighted by Gasteiger charge is -2.51. The number of hydrogen-bond donors (Lipinski definition) is 0. The smallest absolute Gasteiger partial charge is 0.274 e. The highest BCUT2D eigenvalue weighted by Crippen LogP contribution is 2.34. The summed E-state index contributed by atoms with van der Waals surface area (Å²) in [6.45, 7) is 0.987. The molecule has 1 aromatic heterocycles. The molecule has 1 saturated heterocycles. The molecule has 0 spiro atoms. The first-order valence-electron chi connectivity index (χ1n) is 9.94. The predicted molar refractivity (Wildman–Crippen MR) is 109 cm³/mol. The van der Waals surface area contributed by atoms with E-state index in [4.69, 9.17) is 4.74 Å². The van der Waals surface area contributed by atoms with Crippen LogP contribution in [0.3, 0.4) is 0 Å². The molecular formula is C23H19F2N3O3. The van der Waals surface area contributed by atoms with E-state index in [-0.39, 0.29) is 23.6 Å². The zero-order chi connectivity index (χ0) is 21.5. The van der Waals surface area contributed by atoms with Crippen molar-refractivity contribution in [3.05, 3.63) is 106 Å². The summed E-state index contributed by atoms with van der Waals surface area (Å²) in [7, 11) is 0. The van der Waals surface area contributed by atoms with Gasteiger partial charge >= 0.3 is 0 Å². The maximum absolute atomic E-state index is 14.2. The van der Waals surface area contributed by atoms with Crippen LogP contribution in [0.2, 0.25) is 0 Å². The van der Waals surface area contributed by atoms with Gasteiger partial charge in [-0.25, -0.2) is 8.78 Å². The number of morpholine rings is 1. The molecule has 0 bridgehead atoms. The second kappa shape index (κ2) is 7.63. The number of fused-ring (bicyclic) bond motifs is 2. The van der Waals surface area contributed by atoms with Gasteiger partial charge in [-0.1, -0.05) is 36.4 Å². The first-order valence-corrected chi connectivity index (χ1v) is 9.94. The van der Waals surface area contributed by atoms with E-state index in [0.29, 0.717) is 18.7 Å². The van der Waals surface area contributed by atoms with Gasteiger partial charge in [-0.05, 0) is 23.3 Å². The summed E-state index contributed by atoms with van der Waals surface area (Å²) in [4.78, 5) is 26.8. The van der Waals surface area contributed by atoms with E-state index >= 15 is 0 Å². The molecule has 0 radical (unpaired) electrons. The van der Waals surface area contributed by atoms with Crippen LogP contribution in [0.15, 0.2) is 71.7 Å². The third-order valence-corrected chi connectivity index (χ3v) is 5.68. The van der Waals surface area contributed by atoms with E-state index in [9.17, 15) is 18.4 Å². The molecule has 2 atom stereocenters. The Kier molecular flexibility index (Phi) is 4.78. The Balaban J connectivity index is 1.76. The Morgan fingerprint density at radius 1 is 0.935 bits per heavy atom. The molecule has 6 nitrogen and oxygen atoms in total. The largest absolute Gasteiger partial charge is 0.375 e. The molecule has 3 heterocycles. The van der Waals surface area contributed by atoms with Crippen LogP contribution in [-0.4, -0.2) is 41.4 Å². The van der Waals surface area contributed by atoms with Gasteiger partial charge in [0.1, 0.15) is 11.9 Å². The van der Waals surface area contributed by atoms with Gasteiger partial charge in [0, 0.05) is 24.9 Å². The molecule has 8 heteroatoms. The summed E-state index contributed by atoms with van der Waals surface area (Å²) in [6.07, 6.45) is 1.05. The fraction of sp³-hybridized carbons (Fsp3) is 0.217. The summed E-state index contributed by atoms with van der Waals surface area (Å²) in [5.74, 6) is -2.15. The summed E-state index contributed by atoms with van der Waals surface area (Å²) in [5, 5.41) is 1.89. The third kappa shape index (κ3) is 3.29. The van der Waals surface area contributed by atoms with Crippen LogP contribution in [-0.2, 0) is 4.74 Å². The molecular weight excluding hydrogens is 404 g/mol. The molecule has 2 aliphatic heterocycles. The minimum absolute atomic E-state index is 0.217. The Hall–Kier alpha value is -3.52. The number of halogens is 2. The molecule has 1 unspecified atom stereocenters. The number of carbonyl (C=O) groups excluding carboxylic acids is 1. The average molecular weight is 423 g/mol. The van der Waals surface area contributed by atoms with E-state index in [1.807, 2.05) is 35.3 Å². The second-order valence-electron chi connectivity index (χ2n) is 7.51. The minimum Gasteiger partial charge on any atom is -0.375 e. The van der Waals surface area contributed by atoms with Crippen LogP contribution in [0.1, 0.15) is 27.7 Å². The number of rotatable bonds is 3. The number of amides is 1. The molecule has 1 amide bonds. The molecule has 5 rings (SSSR count). The van der Waals surface area contributed by atoms with E-state index in [1.165, 1.54) is 30.5 Å². The first-order chi connectivity index (χ1) is 15.0. The van der Waals surface area contributed by atoms with E-state index in [2.05, 4.69) is 0 Å². The lowest BCUT2D eigenvalue weighted by Crippen LogP contribution is -2.66. The van der Waals surface area contributed by atoms with Crippen LogP contribution in [0.25, 0.3) is 0 Å². The van der Waals surface area contributed by atoms with Crippen molar-refractivity contribution >= 4 is 5.91 Å². The number of nitrogens with zero attached hydrogens (tertiary/aromatic N) is 3. The number of pyridine rings is 1. The van der Waals surface area contributed by atoms with Crippen molar-refractivity contribution in [1.82, 2.24) is 9.58 Å². The molecule has 158 valence electrons. The Labute approximate surface area is 176 Å². The molecule has 31 heavy (non-hydrogen) atoms. The Bertz CT molecular complexity index is 1200. The van der Waals surface area contributed by atoms with Crippen molar-refractivity contribution in [1.29, 1.82) is 0 Å². The van der Waals surface area contributed by atoms with E-state index in [1.54, 1.807) is 9.58 Å². The molecule has 3 aromatic rings. The summed E-state index contributed by atoms with van der Waals surface area (Å²) >= 11 is 0. The van der Waals surface area contributed by atoms with Crippen molar-refractivity contribution in [2.75, 3.05) is 24.8 Å². The van der Waals surface area contributed by atoms with Crippen LogP contribution < -0.4 is 10.4 Å². The lowest BCUT2D eigenvalue weighted by atomic mass is 9.96. The fourth-order valence-corrected chi connectivity index (χ4v) is 4.28. The van der Waals surface area contributed by atoms with E-state index < -0.39 is 23.8 Å². The molecule has 0 aliphatic carbocycles. The van der Waals surface area contributed by atoms with Crippen molar-refractivity contribution in [3.8, 4) is 0 Å². The van der Waals surface area contributed by atoms with Crippen LogP contribution in [0.4, 0.5) is 8.78 Å². The fourth-order valence-electron chi connectivity index (χ4n) is 4.28. The molecule has 2 aliphatic rings. The first kappa shape index (κ1) is 19.4. The number of aromatic nitrogens is 1. The predicted octanol–water partition coefficient (Wildman–Crippen LogP) is 2.67. The monoisotopic (exact) mass is 423 g/mol. The topological polar surface area (TPSA) is 54.8 Å². The van der Waals surface area contributed by atoms with E-state index in [0.717, 1.165) is 11.6 Å². The summed E-state index contributed by atoms with van der Waals surface area (Å²) in [5.41, 5.74) is 1.26. The molecule has 1 fully saturated rings. The summed E-state index contributed by atoms with van der Waals surface area (Å²) in [6, 6.07) is 15.3. The van der Waals surface area contributed by atoms with Crippen molar-refractivity contribution in [3.63, 3.8) is 0 Å². The normalized spacial score (nSPS) is 19.0. The number of benzene rings is 2.